The van der Waals surface area contributed by atoms with Crippen LogP contribution in [0, 0.1) is 5.92 Å². The number of thioether (sulfide) groups is 1. The number of carbonyl (C=O) groups is 1. The molecule has 14 heavy (non-hydrogen) atoms. The summed E-state index contributed by atoms with van der Waals surface area (Å²) in [5.74, 6) is 2.00. The molecule has 0 spiro atoms. The van der Waals surface area contributed by atoms with Crippen LogP contribution in [-0.4, -0.2) is 34.9 Å². The first kappa shape index (κ1) is 10.2. The average Bonchev–Trinajstić information content (AvgIpc) is 2.06. The number of Topliss-reactive ketones (excluding diaryl/α,β-unsaturated/α-hetero) is 1. The fourth-order valence-electron chi connectivity index (χ4n) is 2.49. The first-order valence-corrected chi connectivity index (χ1v) is 6.24. The first-order chi connectivity index (χ1) is 6.70. The van der Waals surface area contributed by atoms with Gasteiger partial charge in [0.05, 0.1) is 11.4 Å². The standard InChI is InChI=1S/C11H17NOS/c1-8(13)11-9-5-3-4-6-10(12(11)2)14-7-9/h3-4,9-11H,5-7H2,1-2H3. The third-order valence-corrected chi connectivity index (χ3v) is 4.73. The lowest BCUT2D eigenvalue weighted by atomic mass is 9.92. The number of rotatable bonds is 1. The van der Waals surface area contributed by atoms with Gasteiger partial charge in [-0.15, -0.1) is 11.8 Å². The van der Waals surface area contributed by atoms with E-state index in [9.17, 15) is 4.79 Å². The average molecular weight is 211 g/mol. The molecule has 3 aliphatic rings. The van der Waals surface area contributed by atoms with Gasteiger partial charge in [-0.05, 0) is 38.5 Å². The second kappa shape index (κ2) is 4.07. The van der Waals surface area contributed by atoms with Gasteiger partial charge < -0.3 is 0 Å². The number of nitrogens with zero attached hydrogens (tertiary/aromatic N) is 1. The lowest BCUT2D eigenvalue weighted by Gasteiger charge is -2.43. The highest BCUT2D eigenvalue weighted by Crippen LogP contribution is 2.36. The SMILES string of the molecule is CC(=O)C1C2CC=CCC(SC2)N1C. The van der Waals surface area contributed by atoms with Gasteiger partial charge >= 0.3 is 0 Å². The highest BCUT2D eigenvalue weighted by atomic mass is 32.2. The van der Waals surface area contributed by atoms with Crippen LogP contribution in [0.25, 0.3) is 0 Å². The zero-order valence-corrected chi connectivity index (χ0v) is 9.59. The largest absolute Gasteiger partial charge is 0.298 e. The summed E-state index contributed by atoms with van der Waals surface area (Å²) in [5, 5.41) is 0.511. The molecular formula is C11H17NOS. The van der Waals surface area contributed by atoms with E-state index >= 15 is 0 Å². The lowest BCUT2D eigenvalue weighted by molar-refractivity contribution is -0.123. The van der Waals surface area contributed by atoms with Crippen molar-refractivity contribution in [3.05, 3.63) is 12.2 Å². The van der Waals surface area contributed by atoms with E-state index in [1.807, 2.05) is 11.8 Å². The first-order valence-electron chi connectivity index (χ1n) is 5.19. The summed E-state index contributed by atoms with van der Waals surface area (Å²) in [6.45, 7) is 1.73. The normalized spacial score (nSPS) is 38.0. The molecule has 0 saturated carbocycles. The Morgan fingerprint density at radius 2 is 2.14 bits per heavy atom. The zero-order valence-electron chi connectivity index (χ0n) is 8.77. The molecule has 0 aliphatic carbocycles. The number of likely N-dealkylation sites (N-methyl/N-ethyl adjacent to an activating group) is 1. The monoisotopic (exact) mass is 211 g/mol. The lowest BCUT2D eigenvalue weighted by Crippen LogP contribution is -2.52. The molecule has 78 valence electrons. The smallest absolute Gasteiger partial charge is 0.147 e. The van der Waals surface area contributed by atoms with Crippen molar-refractivity contribution in [2.45, 2.75) is 31.2 Å². The minimum atomic E-state index is 0.159. The molecule has 0 aromatic carbocycles. The van der Waals surface area contributed by atoms with Gasteiger partial charge in [0.1, 0.15) is 5.78 Å². The van der Waals surface area contributed by atoms with Crippen molar-refractivity contribution in [1.29, 1.82) is 0 Å². The van der Waals surface area contributed by atoms with Gasteiger partial charge in [0.25, 0.3) is 0 Å². The topological polar surface area (TPSA) is 20.3 Å². The number of fused-ring (bicyclic) bond motifs is 4. The van der Waals surface area contributed by atoms with Crippen LogP contribution in [0.3, 0.4) is 0 Å². The van der Waals surface area contributed by atoms with Crippen LogP contribution >= 0.6 is 11.8 Å². The minimum absolute atomic E-state index is 0.159. The van der Waals surface area contributed by atoms with Crippen molar-refractivity contribution in [2.24, 2.45) is 5.92 Å². The molecule has 2 nitrogen and oxygen atoms in total. The fourth-order valence-corrected chi connectivity index (χ4v) is 3.89. The van der Waals surface area contributed by atoms with E-state index in [0.717, 1.165) is 18.6 Å². The fraction of sp³-hybridized carbons (Fsp3) is 0.727. The van der Waals surface area contributed by atoms with E-state index in [-0.39, 0.29) is 6.04 Å². The third-order valence-electron chi connectivity index (χ3n) is 3.20. The van der Waals surface area contributed by atoms with E-state index in [4.69, 9.17) is 0 Å². The Morgan fingerprint density at radius 1 is 1.43 bits per heavy atom. The summed E-state index contributed by atoms with van der Waals surface area (Å²) in [5.41, 5.74) is 0. The van der Waals surface area contributed by atoms with Crippen molar-refractivity contribution >= 4 is 17.5 Å². The molecule has 0 aromatic heterocycles. The molecule has 1 fully saturated rings. The molecule has 1 saturated heterocycles. The summed E-state index contributed by atoms with van der Waals surface area (Å²) in [6, 6.07) is 0.159. The summed E-state index contributed by atoms with van der Waals surface area (Å²) in [6.07, 6.45) is 6.66. The van der Waals surface area contributed by atoms with Crippen molar-refractivity contribution < 1.29 is 4.79 Å². The molecular weight excluding hydrogens is 194 g/mol. The number of hydrogen-bond acceptors (Lipinski definition) is 3. The van der Waals surface area contributed by atoms with E-state index in [2.05, 4.69) is 24.1 Å². The van der Waals surface area contributed by atoms with E-state index in [1.165, 1.54) is 0 Å². The van der Waals surface area contributed by atoms with Crippen LogP contribution in [0.4, 0.5) is 0 Å². The molecule has 3 unspecified atom stereocenters. The van der Waals surface area contributed by atoms with Crippen LogP contribution in [0.2, 0.25) is 0 Å². The van der Waals surface area contributed by atoms with Gasteiger partial charge in [0, 0.05) is 0 Å². The van der Waals surface area contributed by atoms with Gasteiger partial charge in [0.2, 0.25) is 0 Å². The van der Waals surface area contributed by atoms with Gasteiger partial charge in [-0.2, -0.15) is 0 Å². The molecule has 0 N–H and O–H groups in total. The summed E-state index contributed by atoms with van der Waals surface area (Å²) in [4.78, 5) is 13.9. The highest BCUT2D eigenvalue weighted by Gasteiger charge is 2.37. The van der Waals surface area contributed by atoms with Gasteiger partial charge in [-0.25, -0.2) is 0 Å². The Morgan fingerprint density at radius 3 is 2.86 bits per heavy atom. The second-order valence-corrected chi connectivity index (χ2v) is 5.42. The summed E-state index contributed by atoms with van der Waals surface area (Å²) >= 11 is 2.00. The molecule has 3 aliphatic heterocycles. The Kier molecular flexibility index (Phi) is 2.98. The predicted molar refractivity (Wildman–Crippen MR) is 60.3 cm³/mol. The van der Waals surface area contributed by atoms with Crippen LogP contribution < -0.4 is 0 Å². The van der Waals surface area contributed by atoms with E-state index < -0.39 is 0 Å². The molecule has 3 atom stereocenters. The van der Waals surface area contributed by atoms with Crippen LogP contribution in [0.1, 0.15) is 19.8 Å². The van der Waals surface area contributed by atoms with Crippen LogP contribution in [0.15, 0.2) is 12.2 Å². The van der Waals surface area contributed by atoms with Crippen molar-refractivity contribution in [3.8, 4) is 0 Å². The molecule has 2 bridgehead atoms. The molecule has 0 amide bonds. The van der Waals surface area contributed by atoms with Crippen molar-refractivity contribution in [2.75, 3.05) is 12.8 Å². The number of carbonyl (C=O) groups excluding carboxylic acids is 1. The second-order valence-electron chi connectivity index (χ2n) is 4.21. The molecule has 3 heterocycles. The number of ketones is 1. The molecule has 0 radical (unpaired) electrons. The maximum Gasteiger partial charge on any atom is 0.147 e. The quantitative estimate of drug-likeness (QED) is 0.618. The Balaban J connectivity index is 2.25. The Hall–Kier alpha value is -0.280. The van der Waals surface area contributed by atoms with Gasteiger partial charge in [-0.3, -0.25) is 9.69 Å². The molecule has 3 heteroatoms. The van der Waals surface area contributed by atoms with Crippen LogP contribution in [0.5, 0.6) is 0 Å². The number of hydrogen-bond donors (Lipinski definition) is 0. The Bertz CT molecular complexity index is 264. The summed E-state index contributed by atoms with van der Waals surface area (Å²) < 4.78 is 0. The van der Waals surface area contributed by atoms with Crippen molar-refractivity contribution in [1.82, 2.24) is 4.90 Å². The maximum absolute atomic E-state index is 11.6. The van der Waals surface area contributed by atoms with Gasteiger partial charge in [-0.1, -0.05) is 12.2 Å². The summed E-state index contributed by atoms with van der Waals surface area (Å²) in [7, 11) is 2.09. The predicted octanol–water partition coefficient (Wildman–Crippen LogP) is 1.91. The van der Waals surface area contributed by atoms with Crippen LogP contribution in [-0.2, 0) is 4.79 Å². The van der Waals surface area contributed by atoms with Crippen molar-refractivity contribution in [3.63, 3.8) is 0 Å². The highest BCUT2D eigenvalue weighted by molar-refractivity contribution is 7.99. The van der Waals surface area contributed by atoms with E-state index in [0.29, 0.717) is 17.1 Å². The van der Waals surface area contributed by atoms with Gasteiger partial charge in [0.15, 0.2) is 0 Å². The minimum Gasteiger partial charge on any atom is -0.298 e. The molecule has 3 rings (SSSR count). The van der Waals surface area contributed by atoms with E-state index in [1.54, 1.807) is 6.92 Å². The Labute approximate surface area is 89.7 Å². The molecule has 0 aromatic rings. The zero-order chi connectivity index (χ0) is 10.1. The third kappa shape index (κ3) is 1.75. The number of allylic oxidation sites excluding steroid dienone is 1. The maximum atomic E-state index is 11.6.